The Labute approximate surface area is 151 Å². The molecule has 2 N–H and O–H groups in total. The van der Waals surface area contributed by atoms with E-state index in [1.54, 1.807) is 28.9 Å². The topological polar surface area (TPSA) is 71.3 Å². The Balaban J connectivity index is 1.96. The van der Waals surface area contributed by atoms with E-state index in [1.165, 1.54) is 0 Å². The van der Waals surface area contributed by atoms with Crippen molar-refractivity contribution in [1.29, 1.82) is 0 Å². The molecule has 0 atom stereocenters. The van der Waals surface area contributed by atoms with Gasteiger partial charge in [-0.25, -0.2) is 0 Å². The minimum atomic E-state index is -0.871. The van der Waals surface area contributed by atoms with E-state index in [0.717, 1.165) is 22.5 Å². The molecule has 5 nitrogen and oxygen atoms in total. The Morgan fingerprint density at radius 3 is 2.31 bits per heavy atom. The fraction of sp³-hybridized carbons (Fsp3) is 0.143. The van der Waals surface area contributed by atoms with E-state index in [0.29, 0.717) is 12.0 Å². The second kappa shape index (κ2) is 7.70. The number of nitrogens with one attached hydrogen (secondary N) is 1. The summed E-state index contributed by atoms with van der Waals surface area (Å²) >= 11 is 0. The lowest BCUT2D eigenvalue weighted by atomic mass is 10.1. The Morgan fingerprint density at radius 1 is 0.962 bits per heavy atom. The lowest BCUT2D eigenvalue weighted by Gasteiger charge is -2.15. The molecular formula is C21H20N2O3. The van der Waals surface area contributed by atoms with Gasteiger partial charge in [0, 0.05) is 23.2 Å². The number of aromatic nitrogens is 1. The van der Waals surface area contributed by atoms with Crippen LogP contribution >= 0.6 is 0 Å². The monoisotopic (exact) mass is 348 g/mol. The Bertz CT molecular complexity index is 912. The van der Waals surface area contributed by atoms with Crippen molar-refractivity contribution >= 4 is 11.9 Å². The molecule has 0 saturated carbocycles. The maximum Gasteiger partial charge on any atom is 0.303 e. The van der Waals surface area contributed by atoms with E-state index in [1.807, 2.05) is 49.4 Å². The molecular weight excluding hydrogens is 328 g/mol. The number of rotatable bonds is 6. The summed E-state index contributed by atoms with van der Waals surface area (Å²) in [6.07, 6.45) is 0.328. The number of carbonyl (C=O) groups excluding carboxylic acids is 1. The SMILES string of the molecule is Cc1ccc(-c2ccc(CCC(=O)O)n2NC(=O)c2ccccc2)cc1. The quantitative estimate of drug-likeness (QED) is 0.710. The number of carboxylic acids is 1. The molecule has 0 aliphatic carbocycles. The molecule has 0 aliphatic heterocycles. The molecule has 1 heterocycles. The molecule has 0 unspecified atom stereocenters. The van der Waals surface area contributed by atoms with Crippen LogP contribution in [0.5, 0.6) is 0 Å². The summed E-state index contributed by atoms with van der Waals surface area (Å²) in [7, 11) is 0. The molecule has 0 radical (unpaired) electrons. The van der Waals surface area contributed by atoms with Crippen molar-refractivity contribution < 1.29 is 14.7 Å². The molecule has 3 aromatic rings. The van der Waals surface area contributed by atoms with Crippen molar-refractivity contribution in [1.82, 2.24) is 4.68 Å². The first-order valence-corrected chi connectivity index (χ1v) is 8.40. The van der Waals surface area contributed by atoms with Crippen molar-refractivity contribution in [3.05, 3.63) is 83.6 Å². The zero-order chi connectivity index (χ0) is 18.5. The second-order valence-electron chi connectivity index (χ2n) is 6.11. The molecule has 0 saturated heterocycles. The summed E-state index contributed by atoms with van der Waals surface area (Å²) in [6, 6.07) is 20.6. The number of aryl methyl sites for hydroxylation is 2. The highest BCUT2D eigenvalue weighted by Gasteiger charge is 2.14. The van der Waals surface area contributed by atoms with Crippen LogP contribution in [-0.2, 0) is 11.2 Å². The van der Waals surface area contributed by atoms with Crippen molar-refractivity contribution in [2.75, 3.05) is 5.43 Å². The Kier molecular flexibility index (Phi) is 5.17. The number of nitrogens with zero attached hydrogens (tertiary/aromatic N) is 1. The standard InChI is InChI=1S/C21H20N2O3/c1-15-7-9-16(10-8-15)19-13-11-18(12-14-20(24)25)23(19)22-21(26)17-5-3-2-4-6-17/h2-11,13H,12,14H2,1H3,(H,22,26)(H,24,25). The number of amides is 1. The summed E-state index contributed by atoms with van der Waals surface area (Å²) < 4.78 is 1.68. The predicted octanol–water partition coefficient (Wildman–Crippen LogP) is 3.86. The fourth-order valence-corrected chi connectivity index (χ4v) is 2.75. The van der Waals surface area contributed by atoms with Gasteiger partial charge in [0.05, 0.1) is 12.1 Å². The molecule has 1 aromatic heterocycles. The smallest absolute Gasteiger partial charge is 0.303 e. The molecule has 0 fully saturated rings. The van der Waals surface area contributed by atoms with Gasteiger partial charge < -0.3 is 5.11 Å². The highest BCUT2D eigenvalue weighted by molar-refractivity contribution is 6.00. The third kappa shape index (κ3) is 4.00. The molecule has 1 amide bonds. The average Bonchev–Trinajstić information content (AvgIpc) is 3.04. The molecule has 0 bridgehead atoms. The molecule has 0 aliphatic rings. The van der Waals surface area contributed by atoms with Crippen LogP contribution in [0.2, 0.25) is 0 Å². The van der Waals surface area contributed by atoms with Gasteiger partial charge in [0.25, 0.3) is 5.91 Å². The molecule has 3 rings (SSSR count). The lowest BCUT2D eigenvalue weighted by Crippen LogP contribution is -2.25. The van der Waals surface area contributed by atoms with Crippen molar-refractivity contribution in [2.45, 2.75) is 19.8 Å². The highest BCUT2D eigenvalue weighted by atomic mass is 16.4. The number of hydrogen-bond acceptors (Lipinski definition) is 2. The van der Waals surface area contributed by atoms with E-state index in [-0.39, 0.29) is 12.3 Å². The molecule has 0 spiro atoms. The third-order valence-corrected chi connectivity index (χ3v) is 4.15. The van der Waals surface area contributed by atoms with E-state index in [4.69, 9.17) is 5.11 Å². The normalized spacial score (nSPS) is 10.5. The van der Waals surface area contributed by atoms with Crippen LogP contribution in [0.15, 0.2) is 66.7 Å². The van der Waals surface area contributed by atoms with Gasteiger partial charge in [-0.2, -0.15) is 0 Å². The van der Waals surface area contributed by atoms with Crippen LogP contribution in [0.25, 0.3) is 11.3 Å². The minimum Gasteiger partial charge on any atom is -0.481 e. The first-order chi connectivity index (χ1) is 12.5. The fourth-order valence-electron chi connectivity index (χ4n) is 2.75. The van der Waals surface area contributed by atoms with Gasteiger partial charge in [0.15, 0.2) is 0 Å². The molecule has 2 aromatic carbocycles. The van der Waals surface area contributed by atoms with Gasteiger partial charge in [-0.1, -0.05) is 48.0 Å². The highest BCUT2D eigenvalue weighted by Crippen LogP contribution is 2.23. The summed E-state index contributed by atoms with van der Waals surface area (Å²) in [4.78, 5) is 23.5. The van der Waals surface area contributed by atoms with Crippen molar-refractivity contribution in [3.63, 3.8) is 0 Å². The van der Waals surface area contributed by atoms with Crippen molar-refractivity contribution in [2.24, 2.45) is 0 Å². The minimum absolute atomic E-state index is 0.00143. The van der Waals surface area contributed by atoms with Gasteiger partial charge in [0.2, 0.25) is 0 Å². The van der Waals surface area contributed by atoms with Gasteiger partial charge in [-0.3, -0.25) is 19.7 Å². The molecule has 26 heavy (non-hydrogen) atoms. The predicted molar refractivity (Wildman–Crippen MR) is 101 cm³/mol. The van der Waals surface area contributed by atoms with Crippen LogP contribution in [-0.4, -0.2) is 21.7 Å². The average molecular weight is 348 g/mol. The van der Waals surface area contributed by atoms with Crippen LogP contribution < -0.4 is 5.43 Å². The second-order valence-corrected chi connectivity index (χ2v) is 6.11. The van der Waals surface area contributed by atoms with Crippen LogP contribution in [0.4, 0.5) is 0 Å². The van der Waals surface area contributed by atoms with E-state index in [2.05, 4.69) is 5.43 Å². The lowest BCUT2D eigenvalue weighted by molar-refractivity contribution is -0.136. The third-order valence-electron chi connectivity index (χ3n) is 4.15. The van der Waals surface area contributed by atoms with E-state index in [9.17, 15) is 9.59 Å². The maximum absolute atomic E-state index is 12.6. The van der Waals surface area contributed by atoms with Crippen LogP contribution in [0, 0.1) is 6.92 Å². The number of aliphatic carboxylic acids is 1. The number of carboxylic acid groups (broad SMARTS) is 1. The number of benzene rings is 2. The number of hydrogen-bond donors (Lipinski definition) is 2. The van der Waals surface area contributed by atoms with Gasteiger partial charge >= 0.3 is 5.97 Å². The van der Waals surface area contributed by atoms with Gasteiger partial charge in [0.1, 0.15) is 0 Å². The molecule has 132 valence electrons. The summed E-state index contributed by atoms with van der Waals surface area (Å²) in [5.74, 6) is -1.12. The Hall–Kier alpha value is -3.34. The van der Waals surface area contributed by atoms with Gasteiger partial charge in [-0.05, 0) is 31.2 Å². The zero-order valence-corrected chi connectivity index (χ0v) is 14.5. The van der Waals surface area contributed by atoms with Crippen LogP contribution in [0.1, 0.15) is 28.0 Å². The van der Waals surface area contributed by atoms with E-state index < -0.39 is 5.97 Å². The Morgan fingerprint density at radius 2 is 1.65 bits per heavy atom. The number of carbonyl (C=O) groups is 2. The van der Waals surface area contributed by atoms with Crippen LogP contribution in [0.3, 0.4) is 0 Å². The first kappa shape index (κ1) is 17.5. The summed E-state index contributed by atoms with van der Waals surface area (Å²) in [5.41, 5.74) is 7.09. The first-order valence-electron chi connectivity index (χ1n) is 8.40. The van der Waals surface area contributed by atoms with Crippen molar-refractivity contribution in [3.8, 4) is 11.3 Å². The van der Waals surface area contributed by atoms with E-state index >= 15 is 0 Å². The zero-order valence-electron chi connectivity index (χ0n) is 14.5. The molecule has 5 heteroatoms. The largest absolute Gasteiger partial charge is 0.481 e. The van der Waals surface area contributed by atoms with Gasteiger partial charge in [-0.15, -0.1) is 0 Å². The summed E-state index contributed by atoms with van der Waals surface area (Å²) in [5, 5.41) is 8.98. The maximum atomic E-state index is 12.6. The summed E-state index contributed by atoms with van der Waals surface area (Å²) in [6.45, 7) is 2.01.